The van der Waals surface area contributed by atoms with Gasteiger partial charge in [0.2, 0.25) is 15.9 Å². The lowest BCUT2D eigenvalue weighted by Gasteiger charge is -2.29. The Morgan fingerprint density at radius 2 is 1.71 bits per heavy atom. The molecule has 2 amide bonds. The van der Waals surface area contributed by atoms with E-state index in [4.69, 9.17) is 0 Å². The number of hydrogen-bond donors (Lipinski definition) is 1. The van der Waals surface area contributed by atoms with Crippen LogP contribution < -0.4 is 5.32 Å². The van der Waals surface area contributed by atoms with Crippen molar-refractivity contribution < 1.29 is 18.0 Å². The molecular formula is C23H27N3O4S. The Labute approximate surface area is 183 Å². The predicted octanol–water partition coefficient (Wildman–Crippen LogP) is 3.04. The number of rotatable bonds is 6. The summed E-state index contributed by atoms with van der Waals surface area (Å²) in [5, 5.41) is 4.07. The highest BCUT2D eigenvalue weighted by molar-refractivity contribution is 7.92. The molecule has 0 atom stereocenters. The quantitative estimate of drug-likeness (QED) is 0.747. The normalized spacial score (nSPS) is 15.7. The van der Waals surface area contributed by atoms with Crippen molar-refractivity contribution in [3.05, 3.63) is 71.1 Å². The Morgan fingerprint density at radius 3 is 2.35 bits per heavy atom. The summed E-state index contributed by atoms with van der Waals surface area (Å²) < 4.78 is 26.6. The summed E-state index contributed by atoms with van der Waals surface area (Å²) >= 11 is 0. The van der Waals surface area contributed by atoms with Gasteiger partial charge in [-0.15, -0.1) is 0 Å². The van der Waals surface area contributed by atoms with Crippen LogP contribution in [-0.2, 0) is 14.8 Å². The molecule has 1 heterocycles. The molecule has 164 valence electrons. The van der Waals surface area contributed by atoms with Gasteiger partial charge in [-0.2, -0.15) is 4.31 Å². The number of piperidine rings is 1. The smallest absolute Gasteiger partial charge is 0.253 e. The first kappa shape index (κ1) is 22.7. The fourth-order valence-corrected chi connectivity index (χ4v) is 4.64. The zero-order valence-corrected chi connectivity index (χ0v) is 18.5. The van der Waals surface area contributed by atoms with E-state index in [0.717, 1.165) is 5.56 Å². The van der Waals surface area contributed by atoms with Crippen molar-refractivity contribution in [3.63, 3.8) is 0 Å². The molecule has 1 saturated heterocycles. The van der Waals surface area contributed by atoms with Crippen LogP contribution in [0.3, 0.4) is 0 Å². The van der Waals surface area contributed by atoms with Crippen LogP contribution in [0.5, 0.6) is 0 Å². The fraction of sp³-hybridized carbons (Fsp3) is 0.304. The van der Waals surface area contributed by atoms with Gasteiger partial charge < -0.3 is 10.2 Å². The number of carbonyl (C=O) groups is 2. The second-order valence-corrected chi connectivity index (χ2v) is 9.52. The minimum absolute atomic E-state index is 0.141. The fourth-order valence-electron chi connectivity index (χ4n) is 3.42. The maximum atomic E-state index is 12.7. The average molecular weight is 442 g/mol. The summed E-state index contributed by atoms with van der Waals surface area (Å²) in [6.07, 6.45) is 2.47. The number of benzene rings is 2. The van der Waals surface area contributed by atoms with Crippen LogP contribution in [0.2, 0.25) is 0 Å². The summed E-state index contributed by atoms with van der Waals surface area (Å²) in [7, 11) is -0.192. The third-order valence-electron chi connectivity index (χ3n) is 5.20. The molecule has 1 N–H and O–H groups in total. The van der Waals surface area contributed by atoms with Gasteiger partial charge in [0.1, 0.15) is 0 Å². The third-order valence-corrected chi connectivity index (χ3v) is 6.76. The summed E-state index contributed by atoms with van der Waals surface area (Å²) in [5.74, 6) is -0.581. The average Bonchev–Trinajstić information content (AvgIpc) is 2.78. The van der Waals surface area contributed by atoms with Crippen LogP contribution >= 0.6 is 0 Å². The van der Waals surface area contributed by atoms with Gasteiger partial charge in [-0.1, -0.05) is 36.4 Å². The number of sulfonamides is 1. The van der Waals surface area contributed by atoms with E-state index >= 15 is 0 Å². The Morgan fingerprint density at radius 1 is 1.03 bits per heavy atom. The first-order valence-electron chi connectivity index (χ1n) is 10.1. The minimum atomic E-state index is -3.53. The molecule has 1 aliphatic rings. The Bertz CT molecular complexity index is 1060. The molecule has 1 fully saturated rings. The van der Waals surface area contributed by atoms with Crippen LogP contribution in [0.4, 0.5) is 5.69 Å². The second-order valence-electron chi connectivity index (χ2n) is 7.70. The molecule has 0 bridgehead atoms. The molecular weight excluding hydrogens is 414 g/mol. The van der Waals surface area contributed by atoms with Gasteiger partial charge in [0.15, 0.2) is 0 Å². The van der Waals surface area contributed by atoms with Crippen molar-refractivity contribution in [3.8, 4) is 0 Å². The number of nitrogens with one attached hydrogen (secondary N) is 1. The van der Waals surface area contributed by atoms with Crippen LogP contribution in [0.1, 0.15) is 28.8 Å². The van der Waals surface area contributed by atoms with E-state index in [0.29, 0.717) is 37.2 Å². The van der Waals surface area contributed by atoms with E-state index in [-0.39, 0.29) is 17.7 Å². The summed E-state index contributed by atoms with van der Waals surface area (Å²) in [6.45, 7) is 0.581. The van der Waals surface area contributed by atoms with Crippen molar-refractivity contribution >= 4 is 33.6 Å². The number of anilines is 1. The van der Waals surface area contributed by atoms with E-state index in [9.17, 15) is 18.0 Å². The first-order valence-corrected chi connectivity index (χ1v) is 11.6. The molecule has 2 aromatic rings. The largest absolute Gasteiger partial charge is 0.345 e. The molecule has 0 aromatic heterocycles. The van der Waals surface area contributed by atoms with Crippen LogP contribution in [0, 0.1) is 5.92 Å². The standard InChI is InChI=1S/C23H27N3O4S/c1-25(2)23(28)20-9-6-10-21(17-20)24-22(27)19-11-14-26(15-12-19)31(29,30)16-13-18-7-4-3-5-8-18/h3-10,13,16-17,19H,11-12,14-15H2,1-2H3,(H,24,27)/b16-13+. The first-order chi connectivity index (χ1) is 14.8. The van der Waals surface area contributed by atoms with E-state index in [1.54, 1.807) is 44.4 Å². The Kier molecular flexibility index (Phi) is 7.25. The molecule has 0 aliphatic carbocycles. The van der Waals surface area contributed by atoms with Crippen LogP contribution in [0.15, 0.2) is 60.0 Å². The molecule has 0 spiro atoms. The number of nitrogens with zero attached hydrogens (tertiary/aromatic N) is 2. The Balaban J connectivity index is 1.57. The maximum Gasteiger partial charge on any atom is 0.253 e. The van der Waals surface area contributed by atoms with E-state index in [1.165, 1.54) is 14.6 Å². The highest BCUT2D eigenvalue weighted by Crippen LogP contribution is 2.23. The molecule has 0 saturated carbocycles. The highest BCUT2D eigenvalue weighted by atomic mass is 32.2. The topological polar surface area (TPSA) is 86.8 Å². The molecule has 0 unspecified atom stereocenters. The molecule has 0 radical (unpaired) electrons. The number of amides is 2. The zero-order valence-electron chi connectivity index (χ0n) is 17.7. The van der Waals surface area contributed by atoms with Gasteiger partial charge >= 0.3 is 0 Å². The summed E-state index contributed by atoms with van der Waals surface area (Å²) in [4.78, 5) is 26.2. The zero-order chi connectivity index (χ0) is 22.4. The summed E-state index contributed by atoms with van der Waals surface area (Å²) in [5.41, 5.74) is 1.86. The third kappa shape index (κ3) is 6.02. The van der Waals surface area contributed by atoms with Gasteiger partial charge in [-0.25, -0.2) is 8.42 Å². The lowest BCUT2D eigenvalue weighted by molar-refractivity contribution is -0.120. The maximum absolute atomic E-state index is 12.7. The number of carbonyl (C=O) groups excluding carboxylic acids is 2. The lowest BCUT2D eigenvalue weighted by atomic mass is 9.97. The van der Waals surface area contributed by atoms with Gasteiger partial charge in [0, 0.05) is 49.8 Å². The van der Waals surface area contributed by atoms with Crippen molar-refractivity contribution in [2.75, 3.05) is 32.5 Å². The SMILES string of the molecule is CN(C)C(=O)c1cccc(NC(=O)C2CCN(S(=O)(=O)/C=C/c3ccccc3)CC2)c1. The van der Waals surface area contributed by atoms with Crippen molar-refractivity contribution in [1.29, 1.82) is 0 Å². The van der Waals surface area contributed by atoms with Crippen molar-refractivity contribution in [2.45, 2.75) is 12.8 Å². The van der Waals surface area contributed by atoms with E-state index < -0.39 is 10.0 Å². The Hall–Kier alpha value is -2.97. The van der Waals surface area contributed by atoms with Gasteiger partial charge in [0.05, 0.1) is 0 Å². The highest BCUT2D eigenvalue weighted by Gasteiger charge is 2.30. The predicted molar refractivity (Wildman–Crippen MR) is 122 cm³/mol. The lowest BCUT2D eigenvalue weighted by Crippen LogP contribution is -2.40. The van der Waals surface area contributed by atoms with E-state index in [2.05, 4.69) is 5.32 Å². The van der Waals surface area contributed by atoms with Crippen LogP contribution in [0.25, 0.3) is 6.08 Å². The molecule has 31 heavy (non-hydrogen) atoms. The molecule has 1 aliphatic heterocycles. The van der Waals surface area contributed by atoms with E-state index in [1.807, 2.05) is 30.3 Å². The summed E-state index contributed by atoms with van der Waals surface area (Å²) in [6, 6.07) is 16.0. The van der Waals surface area contributed by atoms with Gasteiger partial charge in [0.25, 0.3) is 5.91 Å². The van der Waals surface area contributed by atoms with Gasteiger partial charge in [-0.3, -0.25) is 9.59 Å². The number of hydrogen-bond acceptors (Lipinski definition) is 4. The molecule has 7 nitrogen and oxygen atoms in total. The van der Waals surface area contributed by atoms with Crippen molar-refractivity contribution in [2.24, 2.45) is 5.92 Å². The monoisotopic (exact) mass is 441 g/mol. The molecule has 3 rings (SSSR count). The minimum Gasteiger partial charge on any atom is -0.345 e. The molecule has 8 heteroatoms. The van der Waals surface area contributed by atoms with Crippen LogP contribution in [-0.4, -0.2) is 56.6 Å². The van der Waals surface area contributed by atoms with Gasteiger partial charge in [-0.05, 0) is 42.7 Å². The second kappa shape index (κ2) is 9.89. The van der Waals surface area contributed by atoms with Crippen molar-refractivity contribution in [1.82, 2.24) is 9.21 Å². The molecule has 2 aromatic carbocycles.